The van der Waals surface area contributed by atoms with Crippen molar-refractivity contribution in [3.63, 3.8) is 0 Å². The molecule has 0 aromatic heterocycles. The van der Waals surface area contributed by atoms with Crippen LogP contribution in [0.15, 0.2) is 90.6 Å². The van der Waals surface area contributed by atoms with Crippen LogP contribution >= 0.6 is 0 Å². The van der Waals surface area contributed by atoms with Crippen LogP contribution in [0.5, 0.6) is 11.5 Å². The number of carbonyl (C=O) groups is 2. The van der Waals surface area contributed by atoms with E-state index in [4.69, 9.17) is 4.74 Å². The Morgan fingerprint density at radius 1 is 0.815 bits per heavy atom. The van der Waals surface area contributed by atoms with Gasteiger partial charge in [-0.05, 0) is 36.4 Å². The van der Waals surface area contributed by atoms with Crippen LogP contribution in [-0.2, 0) is 4.79 Å². The molecular weight excluding hydrogens is 342 g/mol. The highest BCUT2D eigenvalue weighted by Gasteiger charge is 2.14. The largest absolute Gasteiger partial charge is 0.477 e. The highest BCUT2D eigenvalue weighted by atomic mass is 16.5. The van der Waals surface area contributed by atoms with E-state index in [2.05, 4.69) is 5.32 Å². The van der Waals surface area contributed by atoms with E-state index in [9.17, 15) is 14.7 Å². The predicted molar refractivity (Wildman–Crippen MR) is 102 cm³/mol. The van der Waals surface area contributed by atoms with Crippen molar-refractivity contribution in [1.82, 2.24) is 5.32 Å². The smallest absolute Gasteiger partial charge is 0.352 e. The second-order valence-electron chi connectivity index (χ2n) is 5.64. The summed E-state index contributed by atoms with van der Waals surface area (Å²) in [7, 11) is 0. The molecule has 1 amide bonds. The molecule has 0 heterocycles. The number of carboxylic acid groups (broad SMARTS) is 1. The zero-order valence-electron chi connectivity index (χ0n) is 14.3. The minimum Gasteiger partial charge on any atom is -0.477 e. The fourth-order valence-electron chi connectivity index (χ4n) is 2.40. The summed E-state index contributed by atoms with van der Waals surface area (Å²) in [6.45, 7) is 0. The molecule has 0 fully saturated rings. The summed E-state index contributed by atoms with van der Waals surface area (Å²) in [5.41, 5.74) is 0.665. The van der Waals surface area contributed by atoms with Gasteiger partial charge in [-0.3, -0.25) is 4.79 Å². The van der Waals surface area contributed by atoms with Crippen LogP contribution in [0.4, 0.5) is 0 Å². The number of ether oxygens (including phenoxy) is 1. The summed E-state index contributed by atoms with van der Waals surface area (Å²) < 4.78 is 5.83. The highest BCUT2D eigenvalue weighted by molar-refractivity contribution is 6.02. The zero-order chi connectivity index (χ0) is 19.1. The lowest BCUT2D eigenvalue weighted by molar-refractivity contribution is -0.132. The summed E-state index contributed by atoms with van der Waals surface area (Å²) in [5, 5.41) is 11.9. The summed E-state index contributed by atoms with van der Waals surface area (Å²) in [5.74, 6) is -0.625. The van der Waals surface area contributed by atoms with Crippen LogP contribution in [0.25, 0.3) is 6.08 Å². The molecule has 3 rings (SSSR count). The predicted octanol–water partition coefficient (Wildman–Crippen LogP) is 4.33. The molecule has 3 aromatic rings. The molecular formula is C22H17NO4. The number of nitrogens with one attached hydrogen (secondary N) is 1. The van der Waals surface area contributed by atoms with Crippen molar-refractivity contribution in [1.29, 1.82) is 0 Å². The normalized spacial score (nSPS) is 10.9. The summed E-state index contributed by atoms with van der Waals surface area (Å²) in [6, 6.07) is 24.6. The fraction of sp³-hybridized carbons (Fsp3) is 0. The van der Waals surface area contributed by atoms with E-state index in [0.29, 0.717) is 22.6 Å². The number of aliphatic carboxylic acids is 1. The van der Waals surface area contributed by atoms with Gasteiger partial charge in [0.15, 0.2) is 0 Å². The molecule has 0 spiro atoms. The summed E-state index contributed by atoms with van der Waals surface area (Å²) >= 11 is 0. The number of carbonyl (C=O) groups excluding carboxylic acids is 1. The Balaban J connectivity index is 1.88. The van der Waals surface area contributed by atoms with Crippen molar-refractivity contribution in [3.8, 4) is 11.5 Å². The van der Waals surface area contributed by atoms with Crippen molar-refractivity contribution in [2.75, 3.05) is 0 Å². The van der Waals surface area contributed by atoms with Gasteiger partial charge in [0.2, 0.25) is 0 Å². The standard InChI is InChI=1S/C22H17NO4/c24-21(16-9-3-1-4-10-16)23-19(22(25)26)15-17-11-7-8-14-20(17)27-18-12-5-2-6-13-18/h1-15H,(H,23,24)(H,25,26)/b19-15+. The first-order valence-electron chi connectivity index (χ1n) is 8.27. The Bertz CT molecular complexity index is 966. The molecule has 0 bridgehead atoms. The van der Waals surface area contributed by atoms with E-state index in [1.807, 2.05) is 18.2 Å². The molecule has 0 saturated carbocycles. The first kappa shape index (κ1) is 17.9. The van der Waals surface area contributed by atoms with Crippen molar-refractivity contribution < 1.29 is 19.4 Å². The molecule has 0 radical (unpaired) electrons. The van der Waals surface area contributed by atoms with Crippen LogP contribution in [0.1, 0.15) is 15.9 Å². The molecule has 0 atom stereocenters. The van der Waals surface area contributed by atoms with Crippen molar-refractivity contribution in [2.24, 2.45) is 0 Å². The van der Waals surface area contributed by atoms with Gasteiger partial charge in [-0.25, -0.2) is 4.79 Å². The molecule has 27 heavy (non-hydrogen) atoms. The number of carboxylic acids is 1. The Kier molecular flexibility index (Phi) is 5.64. The average Bonchev–Trinajstić information content (AvgIpc) is 2.70. The minimum absolute atomic E-state index is 0.243. The van der Waals surface area contributed by atoms with Crippen molar-refractivity contribution in [2.45, 2.75) is 0 Å². The monoisotopic (exact) mass is 359 g/mol. The Labute approximate surface area is 156 Å². The molecule has 2 N–H and O–H groups in total. The Hall–Kier alpha value is -3.86. The van der Waals surface area contributed by atoms with E-state index in [0.717, 1.165) is 0 Å². The molecule has 0 saturated heterocycles. The van der Waals surface area contributed by atoms with E-state index in [1.54, 1.807) is 66.7 Å². The lowest BCUT2D eigenvalue weighted by Crippen LogP contribution is -2.27. The van der Waals surface area contributed by atoms with Crippen LogP contribution in [-0.4, -0.2) is 17.0 Å². The van der Waals surface area contributed by atoms with Crippen molar-refractivity contribution >= 4 is 18.0 Å². The van der Waals surface area contributed by atoms with Gasteiger partial charge in [0.25, 0.3) is 5.91 Å². The Morgan fingerprint density at radius 2 is 1.41 bits per heavy atom. The van der Waals surface area contributed by atoms with Crippen LogP contribution in [0.2, 0.25) is 0 Å². The van der Waals surface area contributed by atoms with Gasteiger partial charge in [-0.15, -0.1) is 0 Å². The third-order valence-electron chi connectivity index (χ3n) is 3.70. The van der Waals surface area contributed by atoms with Crippen LogP contribution in [0, 0.1) is 0 Å². The number of rotatable bonds is 6. The second-order valence-corrected chi connectivity index (χ2v) is 5.64. The van der Waals surface area contributed by atoms with E-state index >= 15 is 0 Å². The number of para-hydroxylation sites is 2. The summed E-state index contributed by atoms with van der Waals surface area (Å²) in [4.78, 5) is 23.9. The first-order chi connectivity index (χ1) is 13.1. The maximum Gasteiger partial charge on any atom is 0.352 e. The topological polar surface area (TPSA) is 75.6 Å². The third kappa shape index (κ3) is 4.83. The van der Waals surface area contributed by atoms with Gasteiger partial charge < -0.3 is 15.2 Å². The third-order valence-corrected chi connectivity index (χ3v) is 3.70. The maximum atomic E-state index is 12.3. The lowest BCUT2D eigenvalue weighted by atomic mass is 10.1. The molecule has 5 heteroatoms. The van der Waals surface area contributed by atoms with Crippen LogP contribution < -0.4 is 10.1 Å². The Morgan fingerprint density at radius 3 is 2.07 bits per heavy atom. The second kappa shape index (κ2) is 8.49. The number of hydrogen-bond acceptors (Lipinski definition) is 3. The van der Waals surface area contributed by atoms with Gasteiger partial charge in [0.1, 0.15) is 17.2 Å². The molecule has 3 aromatic carbocycles. The number of hydrogen-bond donors (Lipinski definition) is 2. The average molecular weight is 359 g/mol. The van der Waals surface area contributed by atoms with Crippen LogP contribution in [0.3, 0.4) is 0 Å². The quantitative estimate of drug-likeness (QED) is 0.642. The molecule has 0 aliphatic heterocycles. The summed E-state index contributed by atoms with van der Waals surface area (Å²) in [6.07, 6.45) is 1.38. The molecule has 134 valence electrons. The van der Waals surface area contributed by atoms with E-state index in [-0.39, 0.29) is 5.70 Å². The molecule has 0 unspecified atom stereocenters. The molecule has 0 aliphatic rings. The lowest BCUT2D eigenvalue weighted by Gasteiger charge is -2.10. The molecule has 5 nitrogen and oxygen atoms in total. The fourth-order valence-corrected chi connectivity index (χ4v) is 2.40. The molecule has 0 aliphatic carbocycles. The maximum absolute atomic E-state index is 12.3. The minimum atomic E-state index is -1.24. The highest BCUT2D eigenvalue weighted by Crippen LogP contribution is 2.26. The SMILES string of the molecule is O=C(O)/C(=C\c1ccccc1Oc1ccccc1)NC(=O)c1ccccc1. The van der Waals surface area contributed by atoms with Gasteiger partial charge in [-0.1, -0.05) is 54.6 Å². The number of benzene rings is 3. The first-order valence-corrected chi connectivity index (χ1v) is 8.27. The van der Waals surface area contributed by atoms with Gasteiger partial charge in [0, 0.05) is 11.1 Å². The number of amides is 1. The van der Waals surface area contributed by atoms with Gasteiger partial charge >= 0.3 is 5.97 Å². The van der Waals surface area contributed by atoms with Gasteiger partial charge in [0.05, 0.1) is 0 Å². The van der Waals surface area contributed by atoms with Crippen molar-refractivity contribution in [3.05, 3.63) is 102 Å². The van der Waals surface area contributed by atoms with Gasteiger partial charge in [-0.2, -0.15) is 0 Å². The van der Waals surface area contributed by atoms with E-state index < -0.39 is 11.9 Å². The zero-order valence-corrected chi connectivity index (χ0v) is 14.3. The van der Waals surface area contributed by atoms with E-state index in [1.165, 1.54) is 6.08 Å².